The third-order valence-corrected chi connectivity index (χ3v) is 3.04. The molecule has 0 heterocycles. The molecule has 0 aliphatic heterocycles. The van der Waals surface area contributed by atoms with Crippen LogP contribution in [-0.2, 0) is 0 Å². The molecule has 0 saturated heterocycles. The number of nitrogens with one attached hydrogen (secondary N) is 1. The maximum atomic E-state index is 13.6. The van der Waals surface area contributed by atoms with Crippen LogP contribution in [0.3, 0.4) is 0 Å². The molecule has 0 aliphatic rings. The molecule has 19 heavy (non-hydrogen) atoms. The largest absolute Gasteiger partial charge is 0.399 e. The van der Waals surface area contributed by atoms with Gasteiger partial charge in [0.1, 0.15) is 5.82 Å². The molecule has 0 atom stereocenters. The lowest BCUT2D eigenvalue weighted by molar-refractivity contribution is 0.102. The van der Waals surface area contributed by atoms with Crippen molar-refractivity contribution in [1.82, 2.24) is 0 Å². The Bertz CT molecular complexity index is 628. The fourth-order valence-corrected chi connectivity index (χ4v) is 2.37. The van der Waals surface area contributed by atoms with E-state index in [-0.39, 0.29) is 5.69 Å². The Morgan fingerprint density at radius 2 is 2.00 bits per heavy atom. The van der Waals surface area contributed by atoms with Crippen LogP contribution in [0, 0.1) is 5.82 Å². The van der Waals surface area contributed by atoms with Crippen molar-refractivity contribution < 1.29 is 9.18 Å². The topological polar surface area (TPSA) is 55.1 Å². The molecule has 98 valence electrons. The summed E-state index contributed by atoms with van der Waals surface area (Å²) in [7, 11) is 0. The lowest BCUT2D eigenvalue weighted by Crippen LogP contribution is -2.13. The van der Waals surface area contributed by atoms with Crippen LogP contribution in [0.25, 0.3) is 0 Å². The van der Waals surface area contributed by atoms with Crippen molar-refractivity contribution in [2.75, 3.05) is 11.1 Å². The molecule has 1 amide bonds. The second kappa shape index (κ2) is 5.59. The fraction of sp³-hybridized carbons (Fsp3) is 0. The van der Waals surface area contributed by atoms with Crippen molar-refractivity contribution in [2.45, 2.75) is 0 Å². The Morgan fingerprint density at radius 3 is 2.63 bits per heavy atom. The molecule has 0 spiro atoms. The Kier molecular flexibility index (Phi) is 4.07. The van der Waals surface area contributed by atoms with Crippen molar-refractivity contribution >= 4 is 44.8 Å². The van der Waals surface area contributed by atoms with Crippen LogP contribution >= 0.6 is 27.5 Å². The second-order valence-electron chi connectivity index (χ2n) is 3.85. The van der Waals surface area contributed by atoms with E-state index in [1.807, 2.05) is 0 Å². The van der Waals surface area contributed by atoms with E-state index in [0.29, 0.717) is 20.7 Å². The van der Waals surface area contributed by atoms with Gasteiger partial charge in [0.05, 0.1) is 5.69 Å². The maximum Gasteiger partial charge on any atom is 0.255 e. The zero-order chi connectivity index (χ0) is 14.0. The quantitative estimate of drug-likeness (QED) is 0.807. The molecule has 0 aromatic heterocycles. The lowest BCUT2D eigenvalue weighted by Gasteiger charge is -2.07. The van der Waals surface area contributed by atoms with E-state index in [2.05, 4.69) is 21.2 Å². The SMILES string of the molecule is Nc1ccc(NC(=O)c2cc(Cl)cc(Br)c2)c(F)c1. The van der Waals surface area contributed by atoms with Gasteiger partial charge in [-0.05, 0) is 36.4 Å². The predicted molar refractivity (Wildman–Crippen MR) is 77.9 cm³/mol. The molecule has 2 aromatic rings. The molecule has 0 bridgehead atoms. The number of carbonyl (C=O) groups is 1. The van der Waals surface area contributed by atoms with Gasteiger partial charge in [-0.25, -0.2) is 4.39 Å². The third kappa shape index (κ3) is 3.45. The summed E-state index contributed by atoms with van der Waals surface area (Å²) in [5.74, 6) is -1.04. The summed E-state index contributed by atoms with van der Waals surface area (Å²) in [5, 5.41) is 2.87. The molecule has 3 nitrogen and oxygen atoms in total. The monoisotopic (exact) mass is 342 g/mol. The van der Waals surface area contributed by atoms with Crippen molar-refractivity contribution in [3.63, 3.8) is 0 Å². The summed E-state index contributed by atoms with van der Waals surface area (Å²) in [6.07, 6.45) is 0. The van der Waals surface area contributed by atoms with Gasteiger partial charge in [0.15, 0.2) is 0 Å². The number of amides is 1. The molecule has 6 heteroatoms. The summed E-state index contributed by atoms with van der Waals surface area (Å²) in [4.78, 5) is 12.0. The third-order valence-electron chi connectivity index (χ3n) is 2.37. The van der Waals surface area contributed by atoms with E-state index in [0.717, 1.165) is 6.07 Å². The first-order valence-electron chi connectivity index (χ1n) is 5.28. The average Bonchev–Trinajstić information content (AvgIpc) is 2.31. The first kappa shape index (κ1) is 13.8. The van der Waals surface area contributed by atoms with Gasteiger partial charge < -0.3 is 11.1 Å². The van der Waals surface area contributed by atoms with Crippen LogP contribution in [0.2, 0.25) is 5.02 Å². The van der Waals surface area contributed by atoms with Crippen LogP contribution in [0.4, 0.5) is 15.8 Å². The molecule has 0 unspecified atom stereocenters. The van der Waals surface area contributed by atoms with E-state index in [1.165, 1.54) is 18.2 Å². The minimum atomic E-state index is -0.588. The van der Waals surface area contributed by atoms with Gasteiger partial charge in [-0.1, -0.05) is 27.5 Å². The highest BCUT2D eigenvalue weighted by atomic mass is 79.9. The Labute approximate surface area is 122 Å². The smallest absolute Gasteiger partial charge is 0.255 e. The van der Waals surface area contributed by atoms with E-state index < -0.39 is 11.7 Å². The van der Waals surface area contributed by atoms with Crippen molar-refractivity contribution in [3.8, 4) is 0 Å². The number of hydrogen-bond acceptors (Lipinski definition) is 2. The summed E-state index contributed by atoms with van der Waals surface area (Å²) in [6.45, 7) is 0. The fourth-order valence-electron chi connectivity index (χ4n) is 1.51. The number of hydrogen-bond donors (Lipinski definition) is 2. The Balaban J connectivity index is 2.25. The van der Waals surface area contributed by atoms with Crippen LogP contribution < -0.4 is 11.1 Å². The second-order valence-corrected chi connectivity index (χ2v) is 5.20. The van der Waals surface area contributed by atoms with Crippen LogP contribution in [-0.4, -0.2) is 5.91 Å². The molecule has 2 aromatic carbocycles. The van der Waals surface area contributed by atoms with Crippen molar-refractivity contribution in [2.24, 2.45) is 0 Å². The minimum absolute atomic E-state index is 0.0651. The number of nitrogens with two attached hydrogens (primary N) is 1. The Morgan fingerprint density at radius 1 is 1.26 bits per heavy atom. The molecular formula is C13H9BrClFN2O. The average molecular weight is 344 g/mol. The number of halogens is 3. The normalized spacial score (nSPS) is 10.3. The lowest BCUT2D eigenvalue weighted by atomic mass is 10.2. The number of anilines is 2. The van der Waals surface area contributed by atoms with Gasteiger partial charge in [0.2, 0.25) is 0 Å². The highest BCUT2D eigenvalue weighted by Crippen LogP contribution is 2.22. The molecule has 2 rings (SSSR count). The standard InChI is InChI=1S/C13H9BrClFN2O/c14-8-3-7(4-9(15)5-8)13(19)18-12-2-1-10(17)6-11(12)16/h1-6H,17H2,(H,18,19). The van der Waals surface area contributed by atoms with Gasteiger partial charge in [-0.2, -0.15) is 0 Å². The Hall–Kier alpha value is -1.59. The van der Waals surface area contributed by atoms with E-state index in [4.69, 9.17) is 17.3 Å². The highest BCUT2D eigenvalue weighted by molar-refractivity contribution is 9.10. The number of rotatable bonds is 2. The molecular weight excluding hydrogens is 335 g/mol. The summed E-state index contributed by atoms with van der Waals surface area (Å²) >= 11 is 9.08. The van der Waals surface area contributed by atoms with Gasteiger partial charge in [0.25, 0.3) is 5.91 Å². The zero-order valence-corrected chi connectivity index (χ0v) is 11.9. The van der Waals surface area contributed by atoms with E-state index in [1.54, 1.807) is 12.1 Å². The first-order valence-corrected chi connectivity index (χ1v) is 6.45. The zero-order valence-electron chi connectivity index (χ0n) is 9.58. The molecule has 0 fully saturated rings. The maximum absolute atomic E-state index is 13.6. The number of nitrogen functional groups attached to an aromatic ring is 1. The van der Waals surface area contributed by atoms with Crippen LogP contribution in [0.15, 0.2) is 40.9 Å². The minimum Gasteiger partial charge on any atom is -0.399 e. The molecule has 0 aliphatic carbocycles. The van der Waals surface area contributed by atoms with Crippen LogP contribution in [0.1, 0.15) is 10.4 Å². The highest BCUT2D eigenvalue weighted by Gasteiger charge is 2.11. The van der Waals surface area contributed by atoms with Gasteiger partial charge in [-0.15, -0.1) is 0 Å². The van der Waals surface area contributed by atoms with Crippen molar-refractivity contribution in [3.05, 3.63) is 57.3 Å². The first-order chi connectivity index (χ1) is 8.95. The number of benzene rings is 2. The van der Waals surface area contributed by atoms with Gasteiger partial charge in [-0.3, -0.25) is 4.79 Å². The van der Waals surface area contributed by atoms with Crippen molar-refractivity contribution in [1.29, 1.82) is 0 Å². The summed E-state index contributed by atoms with van der Waals surface area (Å²) in [6, 6.07) is 8.80. The number of carbonyl (C=O) groups excluding carboxylic acids is 1. The summed E-state index contributed by atoms with van der Waals surface area (Å²) in [5.41, 5.74) is 6.12. The molecule has 0 radical (unpaired) electrons. The predicted octanol–water partition coefficient (Wildman–Crippen LogP) is 4.08. The molecule has 3 N–H and O–H groups in total. The van der Waals surface area contributed by atoms with Gasteiger partial charge in [0, 0.05) is 20.7 Å². The molecule has 0 saturated carbocycles. The van der Waals surface area contributed by atoms with Crippen LogP contribution in [0.5, 0.6) is 0 Å². The van der Waals surface area contributed by atoms with Gasteiger partial charge >= 0.3 is 0 Å². The van der Waals surface area contributed by atoms with E-state index in [9.17, 15) is 9.18 Å². The van der Waals surface area contributed by atoms with E-state index >= 15 is 0 Å². The summed E-state index contributed by atoms with van der Waals surface area (Å²) < 4.78 is 14.2.